The van der Waals surface area contributed by atoms with Gasteiger partial charge in [0, 0.05) is 17.5 Å². The van der Waals surface area contributed by atoms with E-state index in [0.29, 0.717) is 57.3 Å². The van der Waals surface area contributed by atoms with Gasteiger partial charge in [0.1, 0.15) is 5.60 Å². The summed E-state index contributed by atoms with van der Waals surface area (Å²) in [6.45, 7) is 6.20. The Hall–Kier alpha value is -1.59. The molecule has 0 amide bonds. The molecule has 0 aromatic carbocycles. The molecule has 9 nitrogen and oxygen atoms in total. The molecule has 6 aliphatic carbocycles. The number of hydrogen-bond donors (Lipinski definition) is 7. The maximum atomic E-state index is 14.3. The number of nitrogens with one attached hydrogen (secondary N) is 1. The number of nitrogens with two attached hydrogens (primary N) is 1. The van der Waals surface area contributed by atoms with Gasteiger partial charge >= 0.3 is 0 Å². The molecule has 6 fully saturated rings. The minimum absolute atomic E-state index is 0.0762. The summed E-state index contributed by atoms with van der Waals surface area (Å²) in [5.74, 6) is 0.293. The number of carbonyl (C=O) groups excluding carboxylic acids is 1. The molecule has 16 atom stereocenters. The Morgan fingerprint density at radius 3 is 2.53 bits per heavy atom. The Morgan fingerprint density at radius 1 is 0.981 bits per heavy atom. The molecule has 0 spiro atoms. The van der Waals surface area contributed by atoms with Crippen molar-refractivity contribution in [2.45, 2.75) is 184 Å². The molecular formula is C44H68N2O7. The number of aliphatic hydroxyl groups excluding tert-OH is 2. The zero-order valence-corrected chi connectivity index (χ0v) is 32.5. The lowest BCUT2D eigenvalue weighted by Gasteiger charge is -2.62. The topological polar surface area (TPSA) is 166 Å². The molecule has 8 aliphatic rings. The van der Waals surface area contributed by atoms with Crippen molar-refractivity contribution in [1.29, 1.82) is 0 Å². The van der Waals surface area contributed by atoms with Crippen LogP contribution in [0, 0.1) is 46.3 Å². The fraction of sp³-hybridized carbons (Fsp3) is 0.841. The van der Waals surface area contributed by atoms with Crippen LogP contribution in [0.3, 0.4) is 0 Å². The van der Waals surface area contributed by atoms with Gasteiger partial charge in [0.25, 0.3) is 0 Å². The highest BCUT2D eigenvalue weighted by Gasteiger charge is 2.73. The molecule has 0 aromatic rings. The van der Waals surface area contributed by atoms with Gasteiger partial charge in [0.15, 0.2) is 5.78 Å². The number of rotatable bonds is 7. The molecule has 16 unspecified atom stereocenters. The monoisotopic (exact) mass is 737 g/mol. The van der Waals surface area contributed by atoms with E-state index in [1.54, 1.807) is 6.08 Å². The van der Waals surface area contributed by atoms with E-state index in [1.807, 2.05) is 25.3 Å². The lowest BCUT2D eigenvalue weighted by molar-refractivity contribution is -0.252. The summed E-state index contributed by atoms with van der Waals surface area (Å²) in [4.78, 5) is 14.3. The van der Waals surface area contributed by atoms with Crippen LogP contribution in [0.5, 0.6) is 0 Å². The zero-order chi connectivity index (χ0) is 37.6. The van der Waals surface area contributed by atoms with Crippen molar-refractivity contribution in [3.63, 3.8) is 0 Å². The van der Waals surface area contributed by atoms with E-state index in [2.05, 4.69) is 19.2 Å². The van der Waals surface area contributed by atoms with E-state index in [4.69, 9.17) is 10.5 Å². The molecular weight excluding hydrogens is 668 g/mol. The highest BCUT2D eigenvalue weighted by molar-refractivity contribution is 5.95. The summed E-state index contributed by atoms with van der Waals surface area (Å²) in [5.41, 5.74) is 2.08. The first kappa shape index (κ1) is 38.3. The summed E-state index contributed by atoms with van der Waals surface area (Å²) in [6, 6.07) is 0. The Morgan fingerprint density at radius 2 is 1.77 bits per heavy atom. The van der Waals surface area contributed by atoms with Crippen LogP contribution >= 0.6 is 0 Å². The highest BCUT2D eigenvalue weighted by Crippen LogP contribution is 2.70. The molecule has 0 radical (unpaired) electrons. The third-order valence-electron chi connectivity index (χ3n) is 17.3. The molecule has 9 heteroatoms. The minimum Gasteiger partial charge on any atom is -0.390 e. The minimum atomic E-state index is -1.53. The van der Waals surface area contributed by atoms with E-state index in [1.165, 1.54) is 25.7 Å². The second-order valence-corrected chi connectivity index (χ2v) is 19.6. The Labute approximate surface area is 316 Å². The van der Waals surface area contributed by atoms with Crippen LogP contribution in [0.15, 0.2) is 35.6 Å². The van der Waals surface area contributed by atoms with E-state index >= 15 is 0 Å². The molecule has 8 N–H and O–H groups in total. The van der Waals surface area contributed by atoms with Crippen LogP contribution in [0.1, 0.15) is 136 Å². The van der Waals surface area contributed by atoms with E-state index < -0.39 is 57.8 Å². The number of fused-ring (bicyclic) bond motifs is 8. The third-order valence-corrected chi connectivity index (χ3v) is 17.3. The summed E-state index contributed by atoms with van der Waals surface area (Å²) in [7, 11) is 0. The second-order valence-electron chi connectivity index (χ2n) is 19.6. The fourth-order valence-electron chi connectivity index (χ4n) is 14.4. The molecule has 2 heterocycles. The summed E-state index contributed by atoms with van der Waals surface area (Å²) in [6.07, 6.45) is 19.6. The predicted octanol–water partition coefficient (Wildman–Crippen LogP) is 5.33. The molecule has 53 heavy (non-hydrogen) atoms. The molecule has 0 bridgehead atoms. The van der Waals surface area contributed by atoms with Crippen LogP contribution in [0.25, 0.3) is 0 Å². The fourth-order valence-corrected chi connectivity index (χ4v) is 14.4. The van der Waals surface area contributed by atoms with Gasteiger partial charge in [-0.15, -0.1) is 0 Å². The van der Waals surface area contributed by atoms with Crippen molar-refractivity contribution in [2.75, 3.05) is 0 Å². The number of aliphatic hydroxyl groups is 5. The van der Waals surface area contributed by atoms with E-state index in [0.717, 1.165) is 49.2 Å². The lowest BCUT2D eigenvalue weighted by Crippen LogP contribution is -2.68. The van der Waals surface area contributed by atoms with Crippen molar-refractivity contribution in [3.8, 4) is 0 Å². The van der Waals surface area contributed by atoms with Gasteiger partial charge in [0.2, 0.25) is 0 Å². The second kappa shape index (κ2) is 13.8. The standard InChI is InChI=1S/C44H68N2O7/c1-4-7-26-9-12-28-29-8-5-6-18-44(52,39(29)53-36(28)13-10-26)41(3,50)37-17-21-43(51)31-22-33(47)32-23-34(48)35(49)24-42(32,30(31)16-19-40(37,43)2)20-15-27-11-14-38(45)46-25-27/h11,14,22,25-26,28-30,32,34-39,46,48-52H,4-10,12-13,15-21,23-24,45H2,1-3H3. The lowest BCUT2D eigenvalue weighted by atomic mass is 9.44. The largest absolute Gasteiger partial charge is 0.390 e. The number of dihydropyridines is 1. The van der Waals surface area contributed by atoms with Gasteiger partial charge in [0.05, 0.1) is 41.8 Å². The molecule has 8 rings (SSSR count). The first-order valence-electron chi connectivity index (χ1n) is 21.5. The Balaban J connectivity index is 1.10. The van der Waals surface area contributed by atoms with Crippen molar-refractivity contribution in [2.24, 2.45) is 52.1 Å². The van der Waals surface area contributed by atoms with Gasteiger partial charge in [-0.25, -0.2) is 0 Å². The Kier molecular flexibility index (Phi) is 9.98. The molecule has 1 saturated heterocycles. The van der Waals surface area contributed by atoms with Gasteiger partial charge in [-0.2, -0.15) is 0 Å². The van der Waals surface area contributed by atoms with Gasteiger partial charge in [-0.05, 0) is 149 Å². The SMILES string of the molecule is CCCC1CCC2OC3C(CCCCC3(O)C(C)(O)C3CCC4(O)C5=CC(=O)C6CC(O)C(O)CC6(CCC6=CNC(N)C=C6)C5CCC34C)C2CC1. The first-order valence-corrected chi connectivity index (χ1v) is 21.5. The van der Waals surface area contributed by atoms with Crippen molar-refractivity contribution in [1.82, 2.24) is 5.32 Å². The van der Waals surface area contributed by atoms with Crippen molar-refractivity contribution < 1.29 is 35.1 Å². The normalized spacial score (nSPS) is 50.5. The van der Waals surface area contributed by atoms with Crippen LogP contribution in [-0.2, 0) is 9.53 Å². The number of ether oxygens (including phenoxy) is 1. The number of allylic oxidation sites excluding steroid dienone is 3. The maximum Gasteiger partial charge on any atom is 0.159 e. The number of hydrogen-bond acceptors (Lipinski definition) is 9. The zero-order valence-electron chi connectivity index (χ0n) is 32.5. The van der Waals surface area contributed by atoms with Crippen molar-refractivity contribution in [3.05, 3.63) is 35.6 Å². The summed E-state index contributed by atoms with van der Waals surface area (Å²) in [5, 5.41) is 64.5. The van der Waals surface area contributed by atoms with E-state index in [-0.39, 0.29) is 36.3 Å². The van der Waals surface area contributed by atoms with Crippen LogP contribution in [-0.4, -0.2) is 78.7 Å². The molecule has 2 aliphatic heterocycles. The number of carbonyl (C=O) groups is 1. The smallest absolute Gasteiger partial charge is 0.159 e. The van der Waals surface area contributed by atoms with Crippen molar-refractivity contribution >= 4 is 5.78 Å². The van der Waals surface area contributed by atoms with Gasteiger partial charge in [-0.3, -0.25) is 4.79 Å². The van der Waals surface area contributed by atoms with Crippen LogP contribution in [0.2, 0.25) is 0 Å². The van der Waals surface area contributed by atoms with Gasteiger partial charge in [-0.1, -0.05) is 52.0 Å². The van der Waals surface area contributed by atoms with Crippen LogP contribution in [0.4, 0.5) is 0 Å². The summed E-state index contributed by atoms with van der Waals surface area (Å²) < 4.78 is 6.99. The maximum absolute atomic E-state index is 14.3. The Bertz CT molecular complexity index is 1510. The van der Waals surface area contributed by atoms with Gasteiger partial charge < -0.3 is 41.3 Å². The first-order chi connectivity index (χ1) is 25.2. The average molecular weight is 737 g/mol. The third kappa shape index (κ3) is 5.83. The van der Waals surface area contributed by atoms with E-state index in [9.17, 15) is 30.3 Å². The number of ketones is 1. The predicted molar refractivity (Wildman–Crippen MR) is 203 cm³/mol. The molecule has 0 aromatic heterocycles. The quantitative estimate of drug-likeness (QED) is 0.183. The van der Waals surface area contributed by atoms with Crippen LogP contribution < -0.4 is 11.1 Å². The summed E-state index contributed by atoms with van der Waals surface area (Å²) >= 11 is 0. The highest BCUT2D eigenvalue weighted by atomic mass is 16.5. The molecule has 5 saturated carbocycles. The average Bonchev–Trinajstić information content (AvgIpc) is 3.46. The molecule has 296 valence electrons.